The highest BCUT2D eigenvalue weighted by atomic mass is 19.3. The van der Waals surface area contributed by atoms with Crippen LogP contribution in [0.5, 0.6) is 0 Å². The van der Waals surface area contributed by atoms with Crippen LogP contribution in [0, 0.1) is 23.7 Å². The van der Waals surface area contributed by atoms with Gasteiger partial charge in [0.15, 0.2) is 11.3 Å². The number of amides is 4. The van der Waals surface area contributed by atoms with E-state index in [4.69, 9.17) is 14.5 Å². The van der Waals surface area contributed by atoms with Gasteiger partial charge in [0, 0.05) is 74.1 Å². The van der Waals surface area contributed by atoms with Gasteiger partial charge in [0.05, 0.1) is 54.7 Å². The van der Waals surface area contributed by atoms with E-state index in [2.05, 4.69) is 54.4 Å². The van der Waals surface area contributed by atoms with Gasteiger partial charge in [0.1, 0.15) is 18.0 Å². The number of rotatable bonds is 10. The van der Waals surface area contributed by atoms with E-state index in [1.807, 2.05) is 24.3 Å². The third-order valence-electron chi connectivity index (χ3n) is 13.3. The second kappa shape index (κ2) is 17.3. The molecule has 2 N–H and O–H groups in total. The van der Waals surface area contributed by atoms with Crippen LogP contribution in [0.15, 0.2) is 55.2 Å². The van der Waals surface area contributed by atoms with Crippen LogP contribution in [0.25, 0.3) is 16.4 Å². The number of hydrogen-bond donors (Lipinski definition) is 2. The first kappa shape index (κ1) is 41.0. The van der Waals surface area contributed by atoms with Gasteiger partial charge < -0.3 is 24.6 Å². The first-order chi connectivity index (χ1) is 30.6. The van der Waals surface area contributed by atoms with Crippen LogP contribution in [0.3, 0.4) is 0 Å². The van der Waals surface area contributed by atoms with Crippen molar-refractivity contribution in [1.82, 2.24) is 39.6 Å². The molecule has 1 aromatic carbocycles. The third-order valence-corrected chi connectivity index (χ3v) is 13.3. The molecule has 16 nitrogen and oxygen atoms in total. The van der Waals surface area contributed by atoms with Gasteiger partial charge in [-0.3, -0.25) is 29.5 Å². The van der Waals surface area contributed by atoms with Crippen molar-refractivity contribution in [2.24, 2.45) is 11.8 Å². The van der Waals surface area contributed by atoms with Crippen LogP contribution in [-0.4, -0.2) is 116 Å². The van der Waals surface area contributed by atoms with Crippen molar-refractivity contribution >= 4 is 51.5 Å². The minimum absolute atomic E-state index is 0.00320. The lowest BCUT2D eigenvalue weighted by molar-refractivity contribution is -0.120. The van der Waals surface area contributed by atoms with Gasteiger partial charge in [-0.05, 0) is 62.5 Å². The fourth-order valence-electron chi connectivity index (χ4n) is 10.1. The van der Waals surface area contributed by atoms with Gasteiger partial charge in [0.2, 0.25) is 5.91 Å². The Labute approximate surface area is 362 Å². The Balaban J connectivity index is 0.705. The predicted molar refractivity (Wildman–Crippen MR) is 229 cm³/mol. The lowest BCUT2D eigenvalue weighted by atomic mass is 9.85. The van der Waals surface area contributed by atoms with Crippen LogP contribution in [-0.2, 0) is 14.3 Å². The van der Waals surface area contributed by atoms with Gasteiger partial charge in [-0.15, -0.1) is 0 Å². The van der Waals surface area contributed by atoms with E-state index in [0.29, 0.717) is 42.9 Å². The maximum Gasteiger partial charge on any atom is 0.328 e. The summed E-state index contributed by atoms with van der Waals surface area (Å²) in [6, 6.07) is 7.37. The number of benzene rings is 1. The van der Waals surface area contributed by atoms with E-state index < -0.39 is 24.1 Å². The molecule has 63 heavy (non-hydrogen) atoms. The molecular weight excluding hydrogens is 813 g/mol. The molecule has 10 rings (SSSR count). The normalized spacial score (nSPS) is 25.2. The molecule has 5 fully saturated rings. The number of fused-ring (bicyclic) bond motifs is 4. The monoisotopic (exact) mass is 861 g/mol. The number of piperidine rings is 1. The predicted octanol–water partition coefficient (Wildman–Crippen LogP) is 5.60. The fourth-order valence-corrected chi connectivity index (χ4v) is 10.1. The number of ether oxygens (including phenoxy) is 2. The van der Waals surface area contributed by atoms with Crippen molar-refractivity contribution in [3.63, 3.8) is 0 Å². The zero-order valence-corrected chi connectivity index (χ0v) is 35.0. The van der Waals surface area contributed by atoms with Crippen LogP contribution in [0.4, 0.5) is 30.8 Å². The average Bonchev–Trinajstić information content (AvgIpc) is 4.11. The molecule has 4 aromatic heterocycles. The number of nitrogens with one attached hydrogen (secondary N) is 2. The maximum atomic E-state index is 14.3. The quantitative estimate of drug-likeness (QED) is 0.168. The SMILES string of the molecule is C[C@H]1CN(CC2CCC(n3cc(NC(=O)c4cnn5ccc(N6C[C@H]7C[C@@H]6CO7)nc45)c(C(F)F)n3)CC2)CC[C@@H]1OCC#Cc1cccc2c(N3CCC(=O)NC3=O)cncc12. The highest BCUT2D eigenvalue weighted by Gasteiger charge is 2.40. The van der Waals surface area contributed by atoms with Crippen molar-refractivity contribution in [2.75, 3.05) is 61.1 Å². The molecule has 18 heteroatoms. The van der Waals surface area contributed by atoms with E-state index in [0.717, 1.165) is 86.9 Å². The van der Waals surface area contributed by atoms with Crippen LogP contribution in [0.2, 0.25) is 0 Å². The number of carbonyl (C=O) groups excluding carboxylic acids is 3. The summed E-state index contributed by atoms with van der Waals surface area (Å²) < 4.78 is 43.8. The smallest absolute Gasteiger partial charge is 0.328 e. The van der Waals surface area contributed by atoms with E-state index in [1.54, 1.807) is 29.5 Å². The minimum Gasteiger partial charge on any atom is -0.374 e. The molecule has 0 radical (unpaired) electrons. The van der Waals surface area contributed by atoms with Crippen molar-refractivity contribution in [3.8, 4) is 11.8 Å². The lowest BCUT2D eigenvalue weighted by Crippen LogP contribution is -2.49. The van der Waals surface area contributed by atoms with Crippen LogP contribution >= 0.6 is 0 Å². The number of imide groups is 1. The number of likely N-dealkylation sites (tertiary alicyclic amines) is 1. The number of pyridine rings is 1. The molecule has 0 unspecified atom stereocenters. The molecule has 1 saturated carbocycles. The first-order valence-corrected chi connectivity index (χ1v) is 21.9. The molecule has 5 aromatic rings. The minimum atomic E-state index is -2.86. The average molecular weight is 862 g/mol. The third kappa shape index (κ3) is 8.32. The van der Waals surface area contributed by atoms with Gasteiger partial charge in [-0.25, -0.2) is 23.1 Å². The summed E-state index contributed by atoms with van der Waals surface area (Å²) in [4.78, 5) is 53.1. The number of aromatic nitrogens is 6. The number of morpholine rings is 1. The molecule has 8 heterocycles. The number of urea groups is 1. The van der Waals surface area contributed by atoms with E-state index in [9.17, 15) is 23.2 Å². The molecule has 4 aliphatic heterocycles. The zero-order chi connectivity index (χ0) is 43.2. The lowest BCUT2D eigenvalue weighted by Gasteiger charge is -2.39. The van der Waals surface area contributed by atoms with Crippen molar-refractivity contribution in [2.45, 2.75) is 82.6 Å². The van der Waals surface area contributed by atoms with Crippen molar-refractivity contribution in [3.05, 3.63) is 72.1 Å². The summed E-state index contributed by atoms with van der Waals surface area (Å²) in [5.74, 6) is 7.12. The summed E-state index contributed by atoms with van der Waals surface area (Å²) in [6.45, 7) is 7.00. The van der Waals surface area contributed by atoms with Gasteiger partial charge in [-0.2, -0.15) is 10.2 Å². The van der Waals surface area contributed by atoms with E-state index >= 15 is 0 Å². The first-order valence-electron chi connectivity index (χ1n) is 21.9. The molecule has 4 atom stereocenters. The Morgan fingerprint density at radius 1 is 1.05 bits per heavy atom. The number of nitrogens with zero attached hydrogens (tertiary/aromatic N) is 9. The van der Waals surface area contributed by atoms with Crippen LogP contribution in [0.1, 0.15) is 86.0 Å². The summed E-state index contributed by atoms with van der Waals surface area (Å²) in [5, 5.41) is 15.3. The Morgan fingerprint density at radius 3 is 2.70 bits per heavy atom. The molecule has 1 aliphatic carbocycles. The fraction of sp³-hybridized carbons (Fsp3) is 0.489. The Morgan fingerprint density at radius 2 is 1.92 bits per heavy atom. The van der Waals surface area contributed by atoms with Gasteiger partial charge in [-0.1, -0.05) is 30.9 Å². The van der Waals surface area contributed by atoms with Crippen molar-refractivity contribution in [1.29, 1.82) is 0 Å². The number of carbonyl (C=O) groups is 3. The Hall–Kier alpha value is -6.03. The summed E-state index contributed by atoms with van der Waals surface area (Å²) in [7, 11) is 0. The zero-order valence-electron chi connectivity index (χ0n) is 35.0. The molecule has 0 spiro atoms. The van der Waals surface area contributed by atoms with Gasteiger partial charge in [0.25, 0.3) is 12.3 Å². The Bertz CT molecular complexity index is 2620. The standard InChI is InChI=1S/C45H49F2N11O5/c1-27-22-54(14-11-38(27)62-17-3-5-29-4-2-6-33-34(29)19-48-21-37(33)55-15-13-40(59)52-45(55)61)23-28-7-9-30(10-8-28)58-25-36(41(53-58)42(46)47)50-44(60)35-20-49-57-16-12-39(51-43(35)57)56-24-32-18-31(56)26-63-32/h2,4,6,12,16,19-21,25,27-28,30-32,38,42H,7-11,13-15,17-18,22-24,26H2,1H3,(H,50,60)(H,52,59,61)/t27-,28?,30?,31+,32+,38-/m0/s1. The molecule has 5 aliphatic rings. The summed E-state index contributed by atoms with van der Waals surface area (Å²) in [6.07, 6.45) is 11.1. The molecule has 4 amide bonds. The number of hydrogen-bond acceptors (Lipinski definition) is 11. The molecule has 328 valence electrons. The number of halogens is 2. The second-order valence-corrected chi connectivity index (χ2v) is 17.4. The summed E-state index contributed by atoms with van der Waals surface area (Å²) in [5.41, 5.74) is 1.53. The van der Waals surface area contributed by atoms with Crippen molar-refractivity contribution < 1.29 is 32.6 Å². The number of alkyl halides is 2. The molecule has 2 bridgehead atoms. The topological polar surface area (TPSA) is 164 Å². The summed E-state index contributed by atoms with van der Waals surface area (Å²) >= 11 is 0. The van der Waals surface area contributed by atoms with Crippen LogP contribution < -0.4 is 20.4 Å². The highest BCUT2D eigenvalue weighted by molar-refractivity contribution is 6.10. The Kier molecular flexibility index (Phi) is 11.2. The van der Waals surface area contributed by atoms with Gasteiger partial charge >= 0.3 is 6.03 Å². The van der Waals surface area contributed by atoms with E-state index in [1.165, 1.54) is 15.6 Å². The molecular formula is C45H49F2N11O5. The largest absolute Gasteiger partial charge is 0.374 e. The highest BCUT2D eigenvalue weighted by Crippen LogP contribution is 2.37. The number of anilines is 3. The maximum absolute atomic E-state index is 14.3. The second-order valence-electron chi connectivity index (χ2n) is 17.4. The van der Waals surface area contributed by atoms with E-state index in [-0.39, 0.29) is 47.9 Å². The molecule has 4 saturated heterocycles.